The van der Waals surface area contributed by atoms with Crippen LogP contribution in [0.5, 0.6) is 0 Å². The van der Waals surface area contributed by atoms with E-state index in [-0.39, 0.29) is 129 Å². The van der Waals surface area contributed by atoms with Crippen molar-refractivity contribution in [3.05, 3.63) is 192 Å². The standard InChI is InChI=1S/C88H102N16O14S3/c1-53-55(3)121-82-74(53)75(97-68(48-71-90-37-43-119-71)78-101-100-56(4)104(78)82)62-23-16-57(17-24-62)14-12-39-116-41-42-117-40-32-61-44-60(22-29-70(106)99-77(87(5,6)7)81(111)103-50-66(105)47-69(103)80(110)93-49-58-18-25-63(26-19-58)76-54(2)94-52-120-76)45-65(46-61)96-86(115)118-51-59-20-27-64(28-21-59)95-79(109)67(15-11-36-92-85(89)114)98-84(113)88(33-13-34-88)83(112)91-35-9-8-10-38-102-72(107)30-31-73(102)108/h16-21,23-28,30-31,37,43-46,52,66-69,77,105H,8-11,13,15,22,29,32-36,38-42,47-51H2,1-7H3,(H,91,112)(H,93,110)(H,95,109)(H,96,115)(H,98,113)(H,99,106)(H3,89,92,114)/t66-,67+,68+,69+,77-/m1/s1. The molecule has 0 unspecified atom stereocenters. The molecule has 0 radical (unpaired) electrons. The molecule has 1 saturated carbocycles. The zero-order valence-corrected chi connectivity index (χ0v) is 71.3. The summed E-state index contributed by atoms with van der Waals surface area (Å²) in [5.41, 5.74) is 15.2. The number of anilines is 2. The molecule has 4 aliphatic rings. The maximum absolute atomic E-state index is 14.6. The number of β-amino-alcohol motifs (C(OH)–C–C–N with tert-alkyl or cyclic N) is 1. The first-order valence-electron chi connectivity index (χ1n) is 40.6. The number of likely N-dealkylation sites (tertiary alicyclic amines) is 1. The van der Waals surface area contributed by atoms with E-state index < -0.39 is 82.6 Å². The highest BCUT2D eigenvalue weighted by Gasteiger charge is 2.52. The number of primary amides is 1. The number of nitrogens with one attached hydrogen (secondary N) is 7. The topological polar surface area (TPSA) is 404 Å². The number of aliphatic imine (C=N–C) groups is 1. The summed E-state index contributed by atoms with van der Waals surface area (Å²) in [7, 11) is 0. The van der Waals surface area contributed by atoms with Crippen LogP contribution >= 0.6 is 34.0 Å². The highest BCUT2D eigenvalue weighted by atomic mass is 32.1. The van der Waals surface area contributed by atoms with Crippen molar-refractivity contribution in [2.24, 2.45) is 21.6 Å². The number of fused-ring (bicyclic) bond motifs is 3. The van der Waals surface area contributed by atoms with Gasteiger partial charge in [0.05, 0.1) is 52.7 Å². The number of aromatic nitrogens is 5. The summed E-state index contributed by atoms with van der Waals surface area (Å²) in [5.74, 6) is 4.16. The fourth-order valence-electron chi connectivity index (χ4n) is 14.8. The van der Waals surface area contributed by atoms with E-state index >= 15 is 0 Å². The third-order valence-corrected chi connectivity index (χ3v) is 24.7. The first-order chi connectivity index (χ1) is 58.2. The summed E-state index contributed by atoms with van der Waals surface area (Å²) in [6.07, 6.45) is 6.79. The Morgan fingerprint density at radius 2 is 1.46 bits per heavy atom. The number of benzene rings is 4. The van der Waals surface area contributed by atoms with Crippen LogP contribution in [0.1, 0.15) is 163 Å². The summed E-state index contributed by atoms with van der Waals surface area (Å²) in [6.45, 7) is 15.1. The van der Waals surface area contributed by atoms with E-state index in [0.717, 1.165) is 81.8 Å². The second-order valence-electron chi connectivity index (χ2n) is 31.6. The van der Waals surface area contributed by atoms with Crippen molar-refractivity contribution in [3.8, 4) is 27.3 Å². The molecule has 11 amide bonds. The summed E-state index contributed by atoms with van der Waals surface area (Å²) in [5, 5.41) is 43.7. The van der Waals surface area contributed by atoms with Gasteiger partial charge in [0.15, 0.2) is 5.82 Å². The Balaban J connectivity index is 0.654. The second-order valence-corrected chi connectivity index (χ2v) is 34.6. The Morgan fingerprint density at radius 3 is 2.16 bits per heavy atom. The number of rotatable bonds is 37. The molecule has 121 heavy (non-hydrogen) atoms. The summed E-state index contributed by atoms with van der Waals surface area (Å²) in [6, 6.07) is 23.5. The number of nitrogens with zero attached hydrogens (tertiary/aromatic N) is 8. The van der Waals surface area contributed by atoms with Gasteiger partial charge >= 0.3 is 12.1 Å². The first kappa shape index (κ1) is 88.6. The van der Waals surface area contributed by atoms with Gasteiger partial charge in [-0.1, -0.05) is 93.6 Å². The number of hydrogen-bond acceptors (Lipinski definition) is 22. The SMILES string of the molecule is Cc1ncsc1-c1ccc(CNC(=O)[C@@H]2C[C@@H](O)CN2C(=O)[C@@H](NC(=O)CCc2cc(CCOCCOCC#Cc3ccc(C4=N[C@@H](Cc5nccs5)c5nnc(C)n5-c5sc(C)c(C)c54)cc3)cc(NC(=O)OCc3ccc(NC(=O)[C@H](CCCNC(N)=O)NC(=O)C4(C(=O)NCCCCCN5C(=O)C=CC5=O)CCC4)cc3)c2)C(C)(C)C)cc1. The summed E-state index contributed by atoms with van der Waals surface area (Å²) < 4.78 is 19.8. The molecular formula is C88H102N16O14S3. The molecule has 1 saturated heterocycles. The van der Waals surface area contributed by atoms with Crippen LogP contribution in [0.3, 0.4) is 0 Å². The van der Waals surface area contributed by atoms with Gasteiger partial charge in [-0.15, -0.1) is 44.2 Å². The Labute approximate surface area is 714 Å². The van der Waals surface area contributed by atoms with Gasteiger partial charge in [-0.2, -0.15) is 0 Å². The number of carbonyl (C=O) groups excluding carboxylic acids is 10. The zero-order valence-electron chi connectivity index (χ0n) is 68.8. The van der Waals surface area contributed by atoms with Gasteiger partial charge in [-0.05, 0) is 161 Å². The predicted molar refractivity (Wildman–Crippen MR) is 459 cm³/mol. The molecule has 12 rings (SSSR count). The van der Waals surface area contributed by atoms with Crippen molar-refractivity contribution >= 4 is 110 Å². The van der Waals surface area contributed by atoms with Crippen LogP contribution < -0.4 is 43.0 Å². The van der Waals surface area contributed by atoms with E-state index in [9.17, 15) is 53.1 Å². The largest absolute Gasteiger partial charge is 0.444 e. The highest BCUT2D eigenvalue weighted by molar-refractivity contribution is 7.15. The molecule has 4 aromatic heterocycles. The van der Waals surface area contributed by atoms with Crippen molar-refractivity contribution in [1.29, 1.82) is 0 Å². The van der Waals surface area contributed by atoms with E-state index in [1.165, 1.54) is 21.9 Å². The quantitative estimate of drug-likeness (QED) is 0.00756. The fraction of sp³-hybridized carbons (Fsp3) is 0.420. The number of nitrogens with two attached hydrogens (primary N) is 1. The fourth-order valence-corrected chi connectivity index (χ4v) is 17.5. The average molecular weight is 1700 g/mol. The lowest BCUT2D eigenvalue weighted by molar-refractivity contribution is -0.151. The minimum Gasteiger partial charge on any atom is -0.444 e. The minimum atomic E-state index is -1.40. The van der Waals surface area contributed by atoms with Gasteiger partial charge in [0.1, 0.15) is 53.6 Å². The van der Waals surface area contributed by atoms with Crippen LogP contribution in [0.25, 0.3) is 15.4 Å². The smallest absolute Gasteiger partial charge is 0.411 e. The number of amides is 11. The molecule has 33 heteroatoms. The van der Waals surface area contributed by atoms with Crippen LogP contribution in [-0.2, 0) is 85.0 Å². The number of aryl methyl sites for hydroxylation is 4. The number of aliphatic hydroxyl groups excluding tert-OH is 1. The van der Waals surface area contributed by atoms with E-state index in [4.69, 9.17) is 24.9 Å². The molecule has 7 heterocycles. The van der Waals surface area contributed by atoms with E-state index in [0.29, 0.717) is 61.0 Å². The molecule has 636 valence electrons. The van der Waals surface area contributed by atoms with Crippen LogP contribution in [0.15, 0.2) is 125 Å². The number of imide groups is 1. The van der Waals surface area contributed by atoms with Crippen molar-refractivity contribution in [2.75, 3.05) is 63.2 Å². The first-order valence-corrected chi connectivity index (χ1v) is 43.2. The van der Waals surface area contributed by atoms with E-state index in [1.54, 1.807) is 82.1 Å². The van der Waals surface area contributed by atoms with Crippen LogP contribution in [-0.4, -0.2) is 182 Å². The Bertz CT molecular complexity index is 5190. The van der Waals surface area contributed by atoms with Crippen molar-refractivity contribution in [2.45, 2.75) is 175 Å². The number of thiazole rings is 2. The van der Waals surface area contributed by atoms with Crippen molar-refractivity contribution in [1.82, 2.24) is 61.1 Å². The lowest BCUT2D eigenvalue weighted by Gasteiger charge is -2.39. The Kier molecular flexibility index (Phi) is 30.1. The highest BCUT2D eigenvalue weighted by Crippen LogP contribution is 2.43. The third kappa shape index (κ3) is 23.1. The minimum absolute atomic E-state index is 0.0220. The average Bonchev–Trinajstić information content (AvgIpc) is 1.61. The van der Waals surface area contributed by atoms with E-state index in [2.05, 4.69) is 87.6 Å². The van der Waals surface area contributed by atoms with Crippen LogP contribution in [0, 0.1) is 50.4 Å². The van der Waals surface area contributed by atoms with Crippen LogP contribution in [0.4, 0.5) is 21.0 Å². The zero-order chi connectivity index (χ0) is 85.9. The van der Waals surface area contributed by atoms with Gasteiger partial charge < -0.3 is 61.9 Å². The lowest BCUT2D eigenvalue weighted by atomic mass is 9.67. The number of ether oxygens (including phenoxy) is 3. The number of urea groups is 1. The molecule has 2 fully saturated rings. The molecule has 8 aromatic rings. The maximum Gasteiger partial charge on any atom is 0.411 e. The molecule has 5 atom stereocenters. The molecule has 4 aromatic carbocycles. The molecule has 10 N–H and O–H groups in total. The molecule has 0 spiro atoms. The molecular weight excluding hydrogens is 1600 g/mol. The summed E-state index contributed by atoms with van der Waals surface area (Å²) >= 11 is 4.84. The summed E-state index contributed by atoms with van der Waals surface area (Å²) in [4.78, 5) is 152. The van der Waals surface area contributed by atoms with Crippen molar-refractivity contribution in [3.63, 3.8) is 0 Å². The van der Waals surface area contributed by atoms with E-state index in [1.807, 2.05) is 94.6 Å². The van der Waals surface area contributed by atoms with Gasteiger partial charge in [-0.25, -0.2) is 19.6 Å². The Morgan fingerprint density at radius 1 is 0.744 bits per heavy atom. The molecule has 1 aliphatic carbocycles. The monoisotopic (exact) mass is 1700 g/mol. The third-order valence-electron chi connectivity index (χ3n) is 21.7. The molecule has 3 aliphatic heterocycles. The molecule has 30 nitrogen and oxygen atoms in total. The van der Waals surface area contributed by atoms with Crippen LogP contribution in [0.2, 0.25) is 0 Å². The van der Waals surface area contributed by atoms with Gasteiger partial charge in [-0.3, -0.25) is 58.1 Å². The second kappa shape index (κ2) is 41.1. The van der Waals surface area contributed by atoms with Gasteiger partial charge in [0, 0.05) is 109 Å². The molecule has 0 bridgehead atoms. The number of carbonyl (C=O) groups is 10. The van der Waals surface area contributed by atoms with Gasteiger partial charge in [0.25, 0.3) is 11.8 Å². The number of unbranched alkanes of at least 4 members (excludes halogenated alkanes) is 2. The maximum atomic E-state index is 14.6. The number of thiophene rings is 1. The normalized spacial score (nSPS) is 16.3. The van der Waals surface area contributed by atoms with Crippen molar-refractivity contribution < 1.29 is 67.3 Å². The van der Waals surface area contributed by atoms with Gasteiger partial charge in [0.2, 0.25) is 35.4 Å². The number of aliphatic hydroxyl groups is 1. The number of hydrogen-bond donors (Lipinski definition) is 9. The predicted octanol–water partition coefficient (Wildman–Crippen LogP) is 9.65. The lowest BCUT2D eigenvalue weighted by Crippen LogP contribution is -2.58. The Hall–Kier alpha value is -11.7.